The zero-order valence-corrected chi connectivity index (χ0v) is 15.2. The smallest absolute Gasteiger partial charge is 0.303 e. The number of carboxylic acid groups (broad SMARTS) is 1. The van der Waals surface area contributed by atoms with E-state index in [9.17, 15) is 4.79 Å². The minimum Gasteiger partial charge on any atom is -0.481 e. The number of benzene rings is 1. The van der Waals surface area contributed by atoms with Crippen LogP contribution in [0.5, 0.6) is 0 Å². The van der Waals surface area contributed by atoms with E-state index in [4.69, 9.17) is 15.8 Å². The number of carbonyl (C=O) groups is 1. The Kier molecular flexibility index (Phi) is 7.89. The Balaban J connectivity index is 2.34. The second kappa shape index (κ2) is 10.4. The molecule has 0 aliphatic carbocycles. The fraction of sp³-hybridized carbons (Fsp3) is 0.400. The molecule has 1 aromatic heterocycles. The van der Waals surface area contributed by atoms with E-state index in [1.165, 1.54) is 5.56 Å². The summed E-state index contributed by atoms with van der Waals surface area (Å²) in [7, 11) is 0. The molecular formula is C20H27N3O3. The largest absolute Gasteiger partial charge is 0.481 e. The van der Waals surface area contributed by atoms with Crippen molar-refractivity contribution in [1.82, 2.24) is 9.55 Å². The van der Waals surface area contributed by atoms with E-state index in [0.717, 1.165) is 24.8 Å². The van der Waals surface area contributed by atoms with Gasteiger partial charge in [0, 0.05) is 25.2 Å². The summed E-state index contributed by atoms with van der Waals surface area (Å²) in [6.45, 7) is 2.11. The van der Waals surface area contributed by atoms with Crippen LogP contribution in [0.1, 0.15) is 50.6 Å². The van der Waals surface area contributed by atoms with Crippen molar-refractivity contribution >= 4 is 5.97 Å². The Morgan fingerprint density at radius 3 is 2.62 bits per heavy atom. The molecule has 0 amide bonds. The van der Waals surface area contributed by atoms with E-state index in [1.54, 1.807) is 12.5 Å². The van der Waals surface area contributed by atoms with Crippen LogP contribution in [0.4, 0.5) is 0 Å². The molecule has 2 rings (SSSR count). The van der Waals surface area contributed by atoms with E-state index in [1.807, 2.05) is 24.4 Å². The summed E-state index contributed by atoms with van der Waals surface area (Å²) in [5, 5.41) is 8.89. The summed E-state index contributed by atoms with van der Waals surface area (Å²) in [5.41, 5.74) is 2.31. The normalized spacial score (nSPS) is 13.2. The van der Waals surface area contributed by atoms with Crippen molar-refractivity contribution in [3.05, 3.63) is 65.9 Å². The Labute approximate surface area is 154 Å². The molecule has 0 aliphatic heterocycles. The Bertz CT molecular complexity index is 696. The molecule has 0 spiro atoms. The molecule has 0 radical (unpaired) electrons. The fourth-order valence-corrected chi connectivity index (χ4v) is 3.16. The summed E-state index contributed by atoms with van der Waals surface area (Å²) in [6.07, 6.45) is 9.17. The van der Waals surface area contributed by atoms with Crippen LogP contribution in [0.25, 0.3) is 0 Å². The quantitative estimate of drug-likeness (QED) is 0.471. The van der Waals surface area contributed by atoms with Gasteiger partial charge in [0.2, 0.25) is 0 Å². The average Bonchev–Trinajstić information content (AvgIpc) is 3.17. The predicted molar refractivity (Wildman–Crippen MR) is 100 cm³/mol. The van der Waals surface area contributed by atoms with Gasteiger partial charge in [0.05, 0.1) is 12.4 Å². The molecule has 0 aliphatic rings. The van der Waals surface area contributed by atoms with Gasteiger partial charge in [-0.2, -0.15) is 5.90 Å². The lowest BCUT2D eigenvalue weighted by molar-refractivity contribution is -0.137. The molecule has 1 aromatic carbocycles. The highest BCUT2D eigenvalue weighted by molar-refractivity contribution is 5.66. The zero-order valence-electron chi connectivity index (χ0n) is 15.2. The van der Waals surface area contributed by atoms with E-state index >= 15 is 0 Å². The summed E-state index contributed by atoms with van der Waals surface area (Å²) < 4.78 is 2.06. The molecule has 0 saturated heterocycles. The Morgan fingerprint density at radius 2 is 2.04 bits per heavy atom. The van der Waals surface area contributed by atoms with E-state index < -0.39 is 5.97 Å². The standard InChI is InChI=1S/C20H27N3O3/c1-2-7-17(19(26-21)10-6-11-20(24)25)18(23-13-12-22-15-23)14-16-8-4-3-5-9-16/h3-5,8-9,12-13,15,18H,2,6-7,10-11,14,21H2,1H3,(H,24,25). The minimum absolute atomic E-state index is 0.0308. The highest BCUT2D eigenvalue weighted by Gasteiger charge is 2.21. The van der Waals surface area contributed by atoms with Gasteiger partial charge in [0.1, 0.15) is 5.76 Å². The molecule has 6 nitrogen and oxygen atoms in total. The van der Waals surface area contributed by atoms with Gasteiger partial charge in [-0.25, -0.2) is 4.98 Å². The molecule has 140 valence electrons. The number of nitrogens with two attached hydrogens (primary N) is 1. The molecular weight excluding hydrogens is 330 g/mol. The van der Waals surface area contributed by atoms with E-state index in [-0.39, 0.29) is 12.5 Å². The number of rotatable bonds is 11. The number of carboxylic acids is 1. The highest BCUT2D eigenvalue weighted by Crippen LogP contribution is 2.31. The highest BCUT2D eigenvalue weighted by atomic mass is 16.6. The van der Waals surface area contributed by atoms with Crippen LogP contribution in [0.15, 0.2) is 60.4 Å². The first-order valence-electron chi connectivity index (χ1n) is 8.97. The fourth-order valence-electron chi connectivity index (χ4n) is 3.16. The third-order valence-electron chi connectivity index (χ3n) is 4.37. The lowest BCUT2D eigenvalue weighted by Crippen LogP contribution is -2.17. The number of hydrogen-bond donors (Lipinski definition) is 2. The van der Waals surface area contributed by atoms with Gasteiger partial charge in [0.15, 0.2) is 0 Å². The molecule has 0 saturated carbocycles. The first kappa shape index (κ1) is 19.7. The summed E-state index contributed by atoms with van der Waals surface area (Å²) in [4.78, 5) is 20.2. The van der Waals surface area contributed by atoms with Crippen LogP contribution in [0.3, 0.4) is 0 Å². The summed E-state index contributed by atoms with van der Waals surface area (Å²) in [6, 6.07) is 10.3. The molecule has 2 aromatic rings. The molecule has 1 heterocycles. The van der Waals surface area contributed by atoms with Gasteiger partial charge >= 0.3 is 5.97 Å². The van der Waals surface area contributed by atoms with Gasteiger partial charge in [-0.1, -0.05) is 43.7 Å². The van der Waals surface area contributed by atoms with Crippen molar-refractivity contribution in [1.29, 1.82) is 0 Å². The maximum absolute atomic E-state index is 10.8. The maximum Gasteiger partial charge on any atom is 0.303 e. The molecule has 1 unspecified atom stereocenters. The number of imidazole rings is 1. The van der Waals surface area contributed by atoms with Crippen LogP contribution >= 0.6 is 0 Å². The first-order valence-corrected chi connectivity index (χ1v) is 8.97. The van der Waals surface area contributed by atoms with E-state index in [2.05, 4.69) is 28.6 Å². The molecule has 0 bridgehead atoms. The number of aromatic nitrogens is 2. The van der Waals surface area contributed by atoms with Crippen molar-refractivity contribution in [3.8, 4) is 0 Å². The Hall–Kier alpha value is -2.60. The predicted octanol–water partition coefficient (Wildman–Crippen LogP) is 3.87. The van der Waals surface area contributed by atoms with Gasteiger partial charge in [-0.05, 0) is 30.4 Å². The van der Waals surface area contributed by atoms with Crippen molar-refractivity contribution in [2.45, 2.75) is 51.5 Å². The second-order valence-corrected chi connectivity index (χ2v) is 6.28. The lowest BCUT2D eigenvalue weighted by Gasteiger charge is -2.24. The van der Waals surface area contributed by atoms with Gasteiger partial charge in [-0.15, -0.1) is 0 Å². The monoisotopic (exact) mass is 357 g/mol. The van der Waals surface area contributed by atoms with Crippen LogP contribution in [0, 0.1) is 0 Å². The topological polar surface area (TPSA) is 90.4 Å². The van der Waals surface area contributed by atoms with Crippen LogP contribution in [-0.2, 0) is 16.1 Å². The van der Waals surface area contributed by atoms with Gasteiger partial charge in [0.25, 0.3) is 0 Å². The van der Waals surface area contributed by atoms with Crippen molar-refractivity contribution < 1.29 is 14.7 Å². The Morgan fingerprint density at radius 1 is 1.27 bits per heavy atom. The van der Waals surface area contributed by atoms with Gasteiger partial charge in [-0.3, -0.25) is 4.79 Å². The maximum atomic E-state index is 10.8. The van der Waals surface area contributed by atoms with Crippen molar-refractivity contribution in [2.75, 3.05) is 0 Å². The number of nitrogens with zero attached hydrogens (tertiary/aromatic N) is 2. The molecule has 1 atom stereocenters. The summed E-state index contributed by atoms with van der Waals surface area (Å²) in [5.74, 6) is 5.45. The molecule has 26 heavy (non-hydrogen) atoms. The second-order valence-electron chi connectivity index (χ2n) is 6.28. The minimum atomic E-state index is -0.811. The first-order chi connectivity index (χ1) is 12.7. The van der Waals surface area contributed by atoms with E-state index in [0.29, 0.717) is 18.6 Å². The number of allylic oxidation sites excluding steroid dienone is 2. The van der Waals surface area contributed by atoms with Crippen molar-refractivity contribution in [2.24, 2.45) is 5.90 Å². The summed E-state index contributed by atoms with van der Waals surface area (Å²) >= 11 is 0. The SMILES string of the molecule is CCCC(=C(CCCC(=O)O)ON)C(Cc1ccccc1)n1ccnc1. The third-order valence-corrected chi connectivity index (χ3v) is 4.37. The number of aliphatic carboxylic acids is 1. The number of hydrogen-bond acceptors (Lipinski definition) is 4. The molecule has 3 N–H and O–H groups in total. The average molecular weight is 357 g/mol. The van der Waals surface area contributed by atoms with Crippen LogP contribution in [0.2, 0.25) is 0 Å². The van der Waals surface area contributed by atoms with Gasteiger partial charge < -0.3 is 14.5 Å². The van der Waals surface area contributed by atoms with Crippen molar-refractivity contribution in [3.63, 3.8) is 0 Å². The zero-order chi connectivity index (χ0) is 18.8. The van der Waals surface area contributed by atoms with Crippen LogP contribution < -0.4 is 5.90 Å². The lowest BCUT2D eigenvalue weighted by atomic mass is 9.93. The molecule has 0 fully saturated rings. The van der Waals surface area contributed by atoms with Crippen LogP contribution in [-0.4, -0.2) is 20.6 Å². The molecule has 6 heteroatoms. The third kappa shape index (κ3) is 5.74.